The lowest BCUT2D eigenvalue weighted by Gasteiger charge is -2.05. The number of aromatic carboxylic acids is 1. The summed E-state index contributed by atoms with van der Waals surface area (Å²) >= 11 is 1.34. The molecule has 0 radical (unpaired) electrons. The number of fused-ring (bicyclic) bond motifs is 1. The van der Waals surface area contributed by atoms with E-state index in [0.717, 1.165) is 21.4 Å². The Labute approximate surface area is 114 Å². The average molecular weight is 268 g/mol. The van der Waals surface area contributed by atoms with Crippen LogP contribution in [0.5, 0.6) is 0 Å². The van der Waals surface area contributed by atoms with Crippen molar-refractivity contribution in [1.82, 2.24) is 0 Å². The number of benzene rings is 2. The van der Waals surface area contributed by atoms with Crippen LogP contribution in [0.1, 0.15) is 15.2 Å². The van der Waals surface area contributed by atoms with Crippen LogP contribution in [-0.2, 0) is 0 Å². The Morgan fingerprint density at radius 1 is 1.11 bits per heavy atom. The molecule has 3 aromatic rings. The summed E-state index contributed by atoms with van der Waals surface area (Å²) in [7, 11) is 0. The molecule has 0 spiro atoms. The first-order valence-corrected chi connectivity index (χ1v) is 6.80. The van der Waals surface area contributed by atoms with Gasteiger partial charge in [-0.2, -0.15) is 0 Å². The van der Waals surface area contributed by atoms with Crippen LogP contribution >= 0.6 is 11.3 Å². The van der Waals surface area contributed by atoms with E-state index in [-0.39, 0.29) is 0 Å². The molecule has 0 aliphatic heterocycles. The largest absolute Gasteiger partial charge is 0.477 e. The van der Waals surface area contributed by atoms with Gasteiger partial charge in [-0.3, -0.25) is 0 Å². The molecule has 0 bridgehead atoms. The molecule has 0 atom stereocenters. The topological polar surface area (TPSA) is 37.3 Å². The SMILES string of the molecule is Cc1cc(C(=O)O)sc1-c1cccc2ccccc12. The summed E-state index contributed by atoms with van der Waals surface area (Å²) in [6.07, 6.45) is 0. The average Bonchev–Trinajstić information content (AvgIpc) is 2.80. The second kappa shape index (κ2) is 4.52. The zero-order chi connectivity index (χ0) is 13.4. The molecule has 2 aromatic carbocycles. The van der Waals surface area contributed by atoms with E-state index in [1.54, 1.807) is 6.07 Å². The quantitative estimate of drug-likeness (QED) is 0.739. The lowest BCUT2D eigenvalue weighted by molar-refractivity contribution is 0.0702. The second-order valence-corrected chi connectivity index (χ2v) is 5.51. The molecule has 0 fully saturated rings. The third-order valence-electron chi connectivity index (χ3n) is 3.16. The van der Waals surface area contributed by atoms with Crippen LogP contribution in [0.4, 0.5) is 0 Å². The Bertz CT molecular complexity index is 766. The molecule has 0 aliphatic carbocycles. The molecule has 0 saturated heterocycles. The standard InChI is InChI=1S/C16H12O2S/c1-10-9-14(16(17)18)19-15(10)13-8-4-6-11-5-2-3-7-12(11)13/h2-9H,1H3,(H,17,18). The first-order valence-electron chi connectivity index (χ1n) is 5.98. The summed E-state index contributed by atoms with van der Waals surface area (Å²) in [5, 5.41) is 11.4. The smallest absolute Gasteiger partial charge is 0.345 e. The van der Waals surface area contributed by atoms with E-state index in [2.05, 4.69) is 18.2 Å². The zero-order valence-corrected chi connectivity index (χ0v) is 11.2. The summed E-state index contributed by atoms with van der Waals surface area (Å²) in [5.41, 5.74) is 2.12. The number of hydrogen-bond donors (Lipinski definition) is 1. The van der Waals surface area contributed by atoms with Crippen molar-refractivity contribution in [3.8, 4) is 10.4 Å². The summed E-state index contributed by atoms with van der Waals surface area (Å²) in [5.74, 6) is -0.861. The normalized spacial score (nSPS) is 10.8. The number of rotatable bonds is 2. The number of carboxylic acid groups (broad SMARTS) is 1. The second-order valence-electron chi connectivity index (χ2n) is 4.45. The first kappa shape index (κ1) is 11.9. The molecule has 94 valence electrons. The molecule has 1 N–H and O–H groups in total. The monoisotopic (exact) mass is 268 g/mol. The van der Waals surface area contributed by atoms with E-state index in [4.69, 9.17) is 5.11 Å². The highest BCUT2D eigenvalue weighted by molar-refractivity contribution is 7.17. The van der Waals surface area contributed by atoms with Crippen molar-refractivity contribution in [1.29, 1.82) is 0 Å². The van der Waals surface area contributed by atoms with Gasteiger partial charge < -0.3 is 5.11 Å². The molecule has 0 unspecified atom stereocenters. The van der Waals surface area contributed by atoms with Gasteiger partial charge >= 0.3 is 5.97 Å². The van der Waals surface area contributed by atoms with E-state index in [1.807, 2.05) is 31.2 Å². The number of thiophene rings is 1. The number of carboxylic acids is 1. The van der Waals surface area contributed by atoms with Crippen LogP contribution in [0.2, 0.25) is 0 Å². The van der Waals surface area contributed by atoms with Crippen LogP contribution in [0, 0.1) is 6.92 Å². The molecular weight excluding hydrogens is 256 g/mol. The minimum Gasteiger partial charge on any atom is -0.477 e. The van der Waals surface area contributed by atoms with Gasteiger partial charge in [-0.05, 0) is 34.9 Å². The first-order chi connectivity index (χ1) is 9.16. The highest BCUT2D eigenvalue weighted by Crippen LogP contribution is 2.36. The van der Waals surface area contributed by atoms with Crippen molar-refractivity contribution in [2.75, 3.05) is 0 Å². The number of carbonyl (C=O) groups is 1. The molecule has 1 aromatic heterocycles. The maximum Gasteiger partial charge on any atom is 0.345 e. The van der Waals surface area contributed by atoms with Crippen LogP contribution < -0.4 is 0 Å². The fraction of sp³-hybridized carbons (Fsp3) is 0.0625. The van der Waals surface area contributed by atoms with Crippen LogP contribution in [0.3, 0.4) is 0 Å². The Hall–Kier alpha value is -2.13. The van der Waals surface area contributed by atoms with E-state index in [1.165, 1.54) is 16.7 Å². The summed E-state index contributed by atoms with van der Waals surface area (Å²) in [4.78, 5) is 12.5. The minimum atomic E-state index is -0.861. The molecule has 3 heteroatoms. The molecule has 0 saturated carbocycles. The Balaban J connectivity index is 2.27. The molecule has 0 amide bonds. The van der Waals surface area contributed by atoms with E-state index in [0.29, 0.717) is 4.88 Å². The summed E-state index contributed by atoms with van der Waals surface area (Å²) in [6, 6.07) is 16.0. The van der Waals surface area contributed by atoms with Gasteiger partial charge in [-0.25, -0.2) is 4.79 Å². The van der Waals surface area contributed by atoms with Crippen LogP contribution in [0.25, 0.3) is 21.2 Å². The third kappa shape index (κ3) is 2.02. The van der Waals surface area contributed by atoms with Gasteiger partial charge in [0.05, 0.1) is 0 Å². The Morgan fingerprint density at radius 3 is 2.58 bits per heavy atom. The third-order valence-corrected chi connectivity index (χ3v) is 4.42. The van der Waals surface area contributed by atoms with Crippen molar-refractivity contribution < 1.29 is 9.90 Å². The van der Waals surface area contributed by atoms with Gasteiger partial charge in [0.25, 0.3) is 0 Å². The lowest BCUT2D eigenvalue weighted by atomic mass is 10.0. The fourth-order valence-corrected chi connectivity index (χ4v) is 3.33. The summed E-state index contributed by atoms with van der Waals surface area (Å²) in [6.45, 7) is 1.96. The number of hydrogen-bond acceptors (Lipinski definition) is 2. The fourth-order valence-electron chi connectivity index (χ4n) is 2.28. The highest BCUT2D eigenvalue weighted by Gasteiger charge is 2.14. The zero-order valence-electron chi connectivity index (χ0n) is 10.4. The molecule has 19 heavy (non-hydrogen) atoms. The van der Waals surface area contributed by atoms with Crippen molar-refractivity contribution in [3.05, 3.63) is 59.0 Å². The van der Waals surface area contributed by atoms with E-state index < -0.39 is 5.97 Å². The molecule has 0 aliphatic rings. The van der Waals surface area contributed by atoms with Gasteiger partial charge in [-0.1, -0.05) is 42.5 Å². The lowest BCUT2D eigenvalue weighted by Crippen LogP contribution is -1.89. The van der Waals surface area contributed by atoms with Crippen molar-refractivity contribution in [2.45, 2.75) is 6.92 Å². The van der Waals surface area contributed by atoms with Crippen molar-refractivity contribution >= 4 is 28.1 Å². The molecule has 1 heterocycles. The van der Waals surface area contributed by atoms with Gasteiger partial charge in [-0.15, -0.1) is 11.3 Å². The maximum atomic E-state index is 11.1. The van der Waals surface area contributed by atoms with E-state index >= 15 is 0 Å². The summed E-state index contributed by atoms with van der Waals surface area (Å²) < 4.78 is 0. The Kier molecular flexibility index (Phi) is 2.84. The Morgan fingerprint density at radius 2 is 1.84 bits per heavy atom. The number of aryl methyl sites for hydroxylation is 1. The van der Waals surface area contributed by atoms with Gasteiger partial charge in [0, 0.05) is 4.88 Å². The van der Waals surface area contributed by atoms with Gasteiger partial charge in [0.1, 0.15) is 4.88 Å². The molecule has 2 nitrogen and oxygen atoms in total. The van der Waals surface area contributed by atoms with Gasteiger partial charge in [0.15, 0.2) is 0 Å². The van der Waals surface area contributed by atoms with Crippen molar-refractivity contribution in [2.24, 2.45) is 0 Å². The maximum absolute atomic E-state index is 11.1. The van der Waals surface area contributed by atoms with Crippen molar-refractivity contribution in [3.63, 3.8) is 0 Å². The van der Waals surface area contributed by atoms with E-state index in [9.17, 15) is 4.79 Å². The van der Waals surface area contributed by atoms with Crippen LogP contribution in [-0.4, -0.2) is 11.1 Å². The molecular formula is C16H12O2S. The van der Waals surface area contributed by atoms with Crippen LogP contribution in [0.15, 0.2) is 48.5 Å². The molecule has 3 rings (SSSR count). The highest BCUT2D eigenvalue weighted by atomic mass is 32.1. The minimum absolute atomic E-state index is 0.389. The predicted octanol–water partition coefficient (Wildman–Crippen LogP) is 4.57. The van der Waals surface area contributed by atoms with Gasteiger partial charge in [0.2, 0.25) is 0 Å². The predicted molar refractivity (Wildman–Crippen MR) is 79.0 cm³/mol.